The van der Waals surface area contributed by atoms with E-state index in [2.05, 4.69) is 34.5 Å². The minimum absolute atomic E-state index is 0.0640. The monoisotopic (exact) mass is 360 g/mol. The highest BCUT2D eigenvalue weighted by Crippen LogP contribution is 2.26. The average molecular weight is 360 g/mol. The van der Waals surface area contributed by atoms with Crippen LogP contribution < -0.4 is 5.32 Å². The van der Waals surface area contributed by atoms with Crippen LogP contribution in [0.5, 0.6) is 0 Å². The Hall–Kier alpha value is -2.95. The van der Waals surface area contributed by atoms with Crippen molar-refractivity contribution in [2.45, 2.75) is 39.2 Å². The summed E-state index contributed by atoms with van der Waals surface area (Å²) >= 11 is 0. The summed E-state index contributed by atoms with van der Waals surface area (Å²) in [5.74, 6) is 1.29. The Bertz CT molecular complexity index is 932. The number of carbonyl (C=O) groups is 1. The molecule has 0 radical (unpaired) electrons. The number of pyridine rings is 1. The van der Waals surface area contributed by atoms with Crippen molar-refractivity contribution in [2.75, 3.05) is 5.32 Å². The highest BCUT2D eigenvalue weighted by molar-refractivity contribution is 5.91. The summed E-state index contributed by atoms with van der Waals surface area (Å²) in [5.41, 5.74) is 4.71. The summed E-state index contributed by atoms with van der Waals surface area (Å²) in [6.07, 6.45) is 9.23. The summed E-state index contributed by atoms with van der Waals surface area (Å²) in [7, 11) is 0. The van der Waals surface area contributed by atoms with Crippen LogP contribution >= 0.6 is 0 Å². The first-order valence-electron chi connectivity index (χ1n) is 9.48. The van der Waals surface area contributed by atoms with Gasteiger partial charge in [0, 0.05) is 12.4 Å². The van der Waals surface area contributed by atoms with E-state index in [-0.39, 0.29) is 5.91 Å². The van der Waals surface area contributed by atoms with Crippen molar-refractivity contribution in [2.24, 2.45) is 5.92 Å². The fourth-order valence-electron chi connectivity index (χ4n) is 3.62. The standard InChI is InChI=1S/C22H24N4O/c1-16-7-8-19-11-21(23-13-20(19)9-16)25-22(27)10-18-12-24-26(15-18)14-17-5-3-2-4-6-17/h2-6,11-13,15-16H,7-10,14H2,1H3,(H,23,25,27). The minimum Gasteiger partial charge on any atom is -0.310 e. The molecule has 1 atom stereocenters. The third-order valence-corrected chi connectivity index (χ3v) is 5.06. The average Bonchev–Trinajstić information content (AvgIpc) is 3.09. The first-order chi connectivity index (χ1) is 13.2. The summed E-state index contributed by atoms with van der Waals surface area (Å²) in [5, 5.41) is 7.28. The first kappa shape index (κ1) is 17.5. The van der Waals surface area contributed by atoms with Crippen LogP contribution in [0.2, 0.25) is 0 Å². The number of aromatic nitrogens is 3. The van der Waals surface area contributed by atoms with Gasteiger partial charge in [0.1, 0.15) is 5.82 Å². The molecular weight excluding hydrogens is 336 g/mol. The second-order valence-corrected chi connectivity index (χ2v) is 7.44. The molecule has 0 aliphatic heterocycles. The predicted molar refractivity (Wildman–Crippen MR) is 106 cm³/mol. The Balaban J connectivity index is 1.36. The molecule has 2 heterocycles. The minimum atomic E-state index is -0.0640. The van der Waals surface area contributed by atoms with E-state index in [9.17, 15) is 4.79 Å². The Kier molecular flexibility index (Phi) is 5.01. The van der Waals surface area contributed by atoms with Crippen LogP contribution in [0.3, 0.4) is 0 Å². The molecule has 1 N–H and O–H groups in total. The van der Waals surface area contributed by atoms with E-state index in [1.807, 2.05) is 41.3 Å². The molecule has 2 aromatic heterocycles. The van der Waals surface area contributed by atoms with Crippen LogP contribution in [0.1, 0.15) is 35.6 Å². The zero-order chi connectivity index (χ0) is 18.6. The van der Waals surface area contributed by atoms with Crippen LogP contribution in [0.4, 0.5) is 5.82 Å². The summed E-state index contributed by atoms with van der Waals surface area (Å²) in [4.78, 5) is 16.8. The molecule has 1 amide bonds. The highest BCUT2D eigenvalue weighted by atomic mass is 16.1. The molecule has 1 aliphatic carbocycles. The molecule has 0 fully saturated rings. The number of benzene rings is 1. The van der Waals surface area contributed by atoms with E-state index in [4.69, 9.17) is 0 Å². The van der Waals surface area contributed by atoms with Gasteiger partial charge in [0.2, 0.25) is 5.91 Å². The van der Waals surface area contributed by atoms with Gasteiger partial charge in [-0.25, -0.2) is 4.98 Å². The zero-order valence-electron chi connectivity index (χ0n) is 15.6. The maximum Gasteiger partial charge on any atom is 0.230 e. The fraction of sp³-hybridized carbons (Fsp3) is 0.318. The quantitative estimate of drug-likeness (QED) is 0.756. The SMILES string of the molecule is CC1CCc2cc(NC(=O)Cc3cnn(Cc4ccccc4)c3)ncc2C1. The van der Waals surface area contributed by atoms with E-state index < -0.39 is 0 Å². The number of nitrogens with one attached hydrogen (secondary N) is 1. The van der Waals surface area contributed by atoms with Gasteiger partial charge in [-0.05, 0) is 53.5 Å². The largest absolute Gasteiger partial charge is 0.310 e. The van der Waals surface area contributed by atoms with Crippen molar-refractivity contribution in [3.63, 3.8) is 0 Å². The van der Waals surface area contributed by atoms with Crippen molar-refractivity contribution < 1.29 is 4.79 Å². The molecule has 1 aliphatic rings. The van der Waals surface area contributed by atoms with Crippen molar-refractivity contribution in [3.05, 3.63) is 77.2 Å². The Morgan fingerprint density at radius 3 is 2.89 bits per heavy atom. The fourth-order valence-corrected chi connectivity index (χ4v) is 3.62. The number of nitrogens with zero attached hydrogens (tertiary/aromatic N) is 3. The third kappa shape index (κ3) is 4.42. The molecule has 5 heteroatoms. The molecule has 0 bridgehead atoms. The molecule has 138 valence electrons. The van der Waals surface area contributed by atoms with Gasteiger partial charge in [0.15, 0.2) is 0 Å². The molecule has 0 spiro atoms. The Morgan fingerprint density at radius 2 is 2.04 bits per heavy atom. The van der Waals surface area contributed by atoms with Crippen LogP contribution in [0, 0.1) is 5.92 Å². The predicted octanol–water partition coefficient (Wildman–Crippen LogP) is 3.63. The number of anilines is 1. The van der Waals surface area contributed by atoms with Gasteiger partial charge in [-0.2, -0.15) is 5.10 Å². The van der Waals surface area contributed by atoms with Crippen LogP contribution in [-0.4, -0.2) is 20.7 Å². The number of fused-ring (bicyclic) bond motifs is 1. The van der Waals surface area contributed by atoms with E-state index in [0.717, 1.165) is 18.4 Å². The Morgan fingerprint density at radius 1 is 1.19 bits per heavy atom. The van der Waals surface area contributed by atoms with Gasteiger partial charge >= 0.3 is 0 Å². The summed E-state index contributed by atoms with van der Waals surface area (Å²) in [6.45, 7) is 2.98. The summed E-state index contributed by atoms with van der Waals surface area (Å²) < 4.78 is 1.86. The van der Waals surface area contributed by atoms with E-state index in [0.29, 0.717) is 24.7 Å². The lowest BCUT2D eigenvalue weighted by molar-refractivity contribution is -0.115. The van der Waals surface area contributed by atoms with E-state index >= 15 is 0 Å². The molecule has 1 aromatic carbocycles. The molecule has 4 rings (SSSR count). The van der Waals surface area contributed by atoms with Gasteiger partial charge in [0.05, 0.1) is 19.2 Å². The van der Waals surface area contributed by atoms with Crippen LogP contribution in [0.15, 0.2) is 55.0 Å². The highest BCUT2D eigenvalue weighted by Gasteiger charge is 2.16. The maximum atomic E-state index is 12.4. The second kappa shape index (κ2) is 7.74. The lowest BCUT2D eigenvalue weighted by Crippen LogP contribution is -2.17. The molecule has 5 nitrogen and oxygen atoms in total. The normalized spacial score (nSPS) is 16.0. The number of amides is 1. The Labute approximate surface area is 159 Å². The first-order valence-corrected chi connectivity index (χ1v) is 9.48. The molecule has 0 saturated carbocycles. The number of carbonyl (C=O) groups excluding carboxylic acids is 1. The second-order valence-electron chi connectivity index (χ2n) is 7.44. The lowest BCUT2D eigenvalue weighted by atomic mass is 9.86. The molecule has 1 unspecified atom stereocenters. The number of rotatable bonds is 5. The maximum absolute atomic E-state index is 12.4. The topological polar surface area (TPSA) is 59.8 Å². The number of aryl methyl sites for hydroxylation is 1. The van der Waals surface area contributed by atoms with Gasteiger partial charge < -0.3 is 5.32 Å². The zero-order valence-corrected chi connectivity index (χ0v) is 15.6. The molecular formula is C22H24N4O. The molecule has 0 saturated heterocycles. The van der Waals surface area contributed by atoms with E-state index in [1.165, 1.54) is 23.1 Å². The van der Waals surface area contributed by atoms with Crippen LogP contribution in [0.25, 0.3) is 0 Å². The van der Waals surface area contributed by atoms with E-state index in [1.54, 1.807) is 6.20 Å². The smallest absolute Gasteiger partial charge is 0.230 e. The van der Waals surface area contributed by atoms with Gasteiger partial charge in [-0.15, -0.1) is 0 Å². The lowest BCUT2D eigenvalue weighted by Gasteiger charge is -2.21. The number of hydrogen-bond acceptors (Lipinski definition) is 3. The van der Waals surface area contributed by atoms with Crippen LogP contribution in [-0.2, 0) is 30.6 Å². The van der Waals surface area contributed by atoms with Crippen molar-refractivity contribution in [1.82, 2.24) is 14.8 Å². The number of hydrogen-bond donors (Lipinski definition) is 1. The van der Waals surface area contributed by atoms with Crippen molar-refractivity contribution >= 4 is 11.7 Å². The van der Waals surface area contributed by atoms with Gasteiger partial charge in [-0.1, -0.05) is 37.3 Å². The van der Waals surface area contributed by atoms with Gasteiger partial charge in [0.25, 0.3) is 0 Å². The van der Waals surface area contributed by atoms with Gasteiger partial charge in [-0.3, -0.25) is 9.48 Å². The van der Waals surface area contributed by atoms with Crippen molar-refractivity contribution in [1.29, 1.82) is 0 Å². The molecule has 3 aromatic rings. The van der Waals surface area contributed by atoms with Crippen molar-refractivity contribution in [3.8, 4) is 0 Å². The molecule has 27 heavy (non-hydrogen) atoms. The summed E-state index contributed by atoms with van der Waals surface area (Å²) in [6, 6.07) is 12.2. The third-order valence-electron chi connectivity index (χ3n) is 5.06.